The van der Waals surface area contributed by atoms with Gasteiger partial charge in [-0.3, -0.25) is 4.72 Å². The maximum absolute atomic E-state index is 12.1. The van der Waals surface area contributed by atoms with E-state index in [1.807, 2.05) is 0 Å². The zero-order valence-corrected chi connectivity index (χ0v) is 11.0. The lowest BCUT2D eigenvalue weighted by molar-refractivity contribution is 0.0694. The minimum Gasteiger partial charge on any atom is -0.505 e. The number of hydrogen-bond acceptors (Lipinski definition) is 4. The summed E-state index contributed by atoms with van der Waals surface area (Å²) in [6, 6.07) is 3.94. The van der Waals surface area contributed by atoms with E-state index < -0.39 is 27.0 Å². The van der Waals surface area contributed by atoms with Crippen molar-refractivity contribution in [3.05, 3.63) is 23.8 Å². The highest BCUT2D eigenvalue weighted by atomic mass is 32.2. The van der Waals surface area contributed by atoms with E-state index in [0.717, 1.165) is 12.8 Å². The van der Waals surface area contributed by atoms with Crippen LogP contribution in [-0.2, 0) is 10.0 Å². The van der Waals surface area contributed by atoms with Crippen LogP contribution in [0.25, 0.3) is 0 Å². The Morgan fingerprint density at radius 2 is 1.89 bits per heavy atom. The second-order valence-corrected chi connectivity index (χ2v) is 6.52. The number of hydrogen-bond donors (Lipinski definition) is 3. The van der Waals surface area contributed by atoms with E-state index in [0.29, 0.717) is 12.8 Å². The van der Waals surface area contributed by atoms with Gasteiger partial charge >= 0.3 is 5.97 Å². The van der Waals surface area contributed by atoms with Crippen molar-refractivity contribution in [2.24, 2.45) is 0 Å². The highest BCUT2D eigenvalue weighted by Crippen LogP contribution is 2.31. The fraction of sp³-hybridized carbons (Fsp3) is 0.417. The van der Waals surface area contributed by atoms with Gasteiger partial charge in [-0.25, -0.2) is 13.2 Å². The number of aromatic carboxylic acids is 1. The standard InChI is InChI=1S/C12H15NO5S/c14-11-9(12(15)16)6-3-7-10(11)13-19(17,18)8-4-1-2-5-8/h3,6-8,13-14H,1-2,4-5H2,(H,15,16). The number of rotatable bonds is 4. The van der Waals surface area contributed by atoms with Crippen LogP contribution in [-0.4, -0.2) is 29.9 Å². The number of sulfonamides is 1. The molecule has 0 heterocycles. The van der Waals surface area contributed by atoms with Gasteiger partial charge in [0.25, 0.3) is 0 Å². The molecule has 0 saturated heterocycles. The van der Waals surface area contributed by atoms with Crippen LogP contribution in [0.2, 0.25) is 0 Å². The second-order valence-electron chi connectivity index (χ2n) is 4.56. The summed E-state index contributed by atoms with van der Waals surface area (Å²) in [6.45, 7) is 0. The van der Waals surface area contributed by atoms with Crippen molar-refractivity contribution in [2.75, 3.05) is 4.72 Å². The van der Waals surface area contributed by atoms with E-state index in [4.69, 9.17) is 5.11 Å². The van der Waals surface area contributed by atoms with E-state index in [-0.39, 0.29) is 11.3 Å². The summed E-state index contributed by atoms with van der Waals surface area (Å²) in [7, 11) is -3.58. The topological polar surface area (TPSA) is 104 Å². The summed E-state index contributed by atoms with van der Waals surface area (Å²) < 4.78 is 26.4. The smallest absolute Gasteiger partial charge is 0.339 e. The third-order valence-electron chi connectivity index (χ3n) is 3.26. The molecule has 1 aromatic carbocycles. The largest absolute Gasteiger partial charge is 0.505 e. The van der Waals surface area contributed by atoms with Crippen LogP contribution in [0, 0.1) is 0 Å². The van der Waals surface area contributed by atoms with Gasteiger partial charge in [-0.1, -0.05) is 18.9 Å². The molecule has 19 heavy (non-hydrogen) atoms. The summed E-state index contributed by atoms with van der Waals surface area (Å²) in [4.78, 5) is 10.9. The Morgan fingerprint density at radius 1 is 1.26 bits per heavy atom. The van der Waals surface area contributed by atoms with Crippen LogP contribution in [0.5, 0.6) is 5.75 Å². The number of para-hydroxylation sites is 1. The fourth-order valence-electron chi connectivity index (χ4n) is 2.23. The number of aromatic hydroxyl groups is 1. The van der Waals surface area contributed by atoms with Crippen LogP contribution >= 0.6 is 0 Å². The highest BCUT2D eigenvalue weighted by molar-refractivity contribution is 7.93. The lowest BCUT2D eigenvalue weighted by Gasteiger charge is -2.14. The fourth-order valence-corrected chi connectivity index (χ4v) is 3.83. The third kappa shape index (κ3) is 2.81. The summed E-state index contributed by atoms with van der Waals surface area (Å²) in [6.07, 6.45) is 2.92. The first kappa shape index (κ1) is 13.7. The van der Waals surface area contributed by atoms with Gasteiger partial charge in [-0.15, -0.1) is 0 Å². The lowest BCUT2D eigenvalue weighted by Crippen LogP contribution is -2.25. The summed E-state index contributed by atoms with van der Waals surface area (Å²) in [5.41, 5.74) is -0.418. The molecule has 104 valence electrons. The molecule has 7 heteroatoms. The van der Waals surface area contributed by atoms with Gasteiger partial charge in [0.05, 0.1) is 10.9 Å². The van der Waals surface area contributed by atoms with E-state index in [1.165, 1.54) is 18.2 Å². The van der Waals surface area contributed by atoms with Crippen molar-refractivity contribution in [1.82, 2.24) is 0 Å². The third-order valence-corrected chi connectivity index (χ3v) is 5.11. The van der Waals surface area contributed by atoms with Crippen molar-refractivity contribution in [3.8, 4) is 5.75 Å². The number of benzene rings is 1. The Labute approximate surface area is 111 Å². The molecule has 1 aliphatic rings. The van der Waals surface area contributed by atoms with Gasteiger partial charge in [0.2, 0.25) is 10.0 Å². The van der Waals surface area contributed by atoms with Crippen LogP contribution in [0.15, 0.2) is 18.2 Å². The van der Waals surface area contributed by atoms with Gasteiger partial charge in [0.15, 0.2) is 5.75 Å². The van der Waals surface area contributed by atoms with E-state index in [9.17, 15) is 18.3 Å². The maximum atomic E-state index is 12.1. The quantitative estimate of drug-likeness (QED) is 0.731. The van der Waals surface area contributed by atoms with Gasteiger partial charge in [-0.2, -0.15) is 0 Å². The van der Waals surface area contributed by atoms with Crippen molar-refractivity contribution in [1.29, 1.82) is 0 Å². The normalized spacial score (nSPS) is 16.4. The molecule has 1 aromatic rings. The molecule has 0 aromatic heterocycles. The Morgan fingerprint density at radius 3 is 2.47 bits per heavy atom. The van der Waals surface area contributed by atoms with E-state index >= 15 is 0 Å². The predicted molar refractivity (Wildman–Crippen MR) is 69.9 cm³/mol. The minimum absolute atomic E-state index is 0.0909. The molecule has 3 N–H and O–H groups in total. The first-order chi connectivity index (χ1) is 8.92. The monoisotopic (exact) mass is 285 g/mol. The van der Waals surface area contributed by atoms with Gasteiger partial charge in [-0.05, 0) is 25.0 Å². The average Bonchev–Trinajstić information content (AvgIpc) is 2.85. The van der Waals surface area contributed by atoms with Crippen molar-refractivity contribution in [2.45, 2.75) is 30.9 Å². The maximum Gasteiger partial charge on any atom is 0.339 e. The summed E-state index contributed by atoms with van der Waals surface area (Å²) >= 11 is 0. The van der Waals surface area contributed by atoms with Crippen LogP contribution in [0.3, 0.4) is 0 Å². The van der Waals surface area contributed by atoms with Crippen molar-refractivity contribution in [3.63, 3.8) is 0 Å². The van der Waals surface area contributed by atoms with Crippen LogP contribution in [0.4, 0.5) is 5.69 Å². The lowest BCUT2D eigenvalue weighted by atomic mass is 10.2. The molecular formula is C12H15NO5S. The van der Waals surface area contributed by atoms with Crippen LogP contribution < -0.4 is 4.72 Å². The number of carbonyl (C=O) groups is 1. The number of carboxylic acid groups (broad SMARTS) is 1. The van der Waals surface area contributed by atoms with Crippen LogP contribution in [0.1, 0.15) is 36.0 Å². The van der Waals surface area contributed by atoms with Gasteiger partial charge in [0.1, 0.15) is 5.56 Å². The van der Waals surface area contributed by atoms with E-state index in [1.54, 1.807) is 0 Å². The summed E-state index contributed by atoms with van der Waals surface area (Å²) in [5, 5.41) is 18.1. The Bertz CT molecular complexity index is 590. The highest BCUT2D eigenvalue weighted by Gasteiger charge is 2.29. The minimum atomic E-state index is -3.58. The molecule has 0 atom stereocenters. The predicted octanol–water partition coefficient (Wildman–Crippen LogP) is 1.77. The molecule has 0 radical (unpaired) electrons. The molecule has 0 aliphatic heterocycles. The summed E-state index contributed by atoms with van der Waals surface area (Å²) in [5.74, 6) is -1.86. The molecule has 1 aliphatic carbocycles. The second kappa shape index (κ2) is 5.08. The SMILES string of the molecule is O=C(O)c1cccc(NS(=O)(=O)C2CCCC2)c1O. The Kier molecular flexibility index (Phi) is 3.66. The molecule has 1 saturated carbocycles. The Hall–Kier alpha value is -1.76. The Balaban J connectivity index is 2.28. The molecule has 1 fully saturated rings. The number of phenols is 1. The zero-order chi connectivity index (χ0) is 14.0. The number of anilines is 1. The molecular weight excluding hydrogens is 270 g/mol. The van der Waals surface area contributed by atoms with Crippen molar-refractivity contribution >= 4 is 21.7 Å². The first-order valence-electron chi connectivity index (χ1n) is 5.99. The van der Waals surface area contributed by atoms with E-state index in [2.05, 4.69) is 4.72 Å². The zero-order valence-electron chi connectivity index (χ0n) is 10.2. The number of carboxylic acids is 1. The van der Waals surface area contributed by atoms with Gasteiger partial charge in [0, 0.05) is 0 Å². The number of nitrogens with one attached hydrogen (secondary N) is 1. The molecule has 0 bridgehead atoms. The molecule has 0 amide bonds. The van der Waals surface area contributed by atoms with Gasteiger partial charge < -0.3 is 10.2 Å². The van der Waals surface area contributed by atoms with Crippen molar-refractivity contribution < 1.29 is 23.4 Å². The molecule has 0 unspecified atom stereocenters. The molecule has 6 nitrogen and oxygen atoms in total. The average molecular weight is 285 g/mol. The first-order valence-corrected chi connectivity index (χ1v) is 7.53. The molecule has 0 spiro atoms. The molecule has 2 rings (SSSR count).